The van der Waals surface area contributed by atoms with Crippen LogP contribution in [0.25, 0.3) is 94.6 Å². The number of thiocyanates is 2. The molecule has 0 N–H and O–H groups in total. The third kappa shape index (κ3) is 4.86. The van der Waals surface area contributed by atoms with Crippen LogP contribution in [0.1, 0.15) is 11.3 Å². The third-order valence-corrected chi connectivity index (χ3v) is 11.6. The molecule has 9 aromatic rings. The highest BCUT2D eigenvalue weighted by Gasteiger charge is 2.28. The standard InChI is InChI=1S/C45H26N8S2/c1-3-29-31-9-4-6-13-37(31)52(39(29)22-48-2)27-19-26(20-28(21-27)53-38-14-7-5-10-32(38)33-17-18-49-23-40(33)53)30-15-16-36-41-34(30)11-8-12-35(41)42-43(36)51-45(55-25-47)44(50-42)54-24-46/h3-23H,1H2,2H3. The molecule has 0 saturated heterocycles. The molecule has 0 fully saturated rings. The van der Waals surface area contributed by atoms with Gasteiger partial charge in [0.15, 0.2) is 0 Å². The Morgan fingerprint density at radius 1 is 0.673 bits per heavy atom. The van der Waals surface area contributed by atoms with E-state index >= 15 is 0 Å². The SMILES string of the molecule is C=Cc1c(C=NC)n(-c2cc(-c3ccc4c5c(cccc35)-c3nc(SC#N)c(SC#N)nc3-4)cc(-n3c4ccccc4c4ccncc43)c2)c2ccccc12. The Labute approximate surface area is 323 Å². The zero-order valence-electron chi connectivity index (χ0n) is 29.2. The molecule has 0 unspecified atom stereocenters. The fourth-order valence-electron chi connectivity index (χ4n) is 8.18. The molecular formula is C45H26N8S2. The number of rotatable bonds is 7. The van der Waals surface area contributed by atoms with Gasteiger partial charge in [-0.15, -0.1) is 0 Å². The number of aromatic nitrogens is 5. The van der Waals surface area contributed by atoms with Gasteiger partial charge in [-0.2, -0.15) is 10.5 Å². The van der Waals surface area contributed by atoms with E-state index in [-0.39, 0.29) is 0 Å². The van der Waals surface area contributed by atoms with E-state index in [1.807, 2.05) is 30.8 Å². The average molecular weight is 743 g/mol. The summed E-state index contributed by atoms with van der Waals surface area (Å²) < 4.78 is 4.57. The molecule has 0 amide bonds. The van der Waals surface area contributed by atoms with Crippen LogP contribution in [0.4, 0.5) is 0 Å². The van der Waals surface area contributed by atoms with Crippen molar-refractivity contribution in [3.05, 3.63) is 133 Å². The quantitative estimate of drug-likeness (QED) is 0.0908. The summed E-state index contributed by atoms with van der Waals surface area (Å²) in [4.78, 5) is 18.9. The summed E-state index contributed by atoms with van der Waals surface area (Å²) in [5, 5.41) is 29.6. The van der Waals surface area contributed by atoms with E-state index in [0.717, 1.165) is 112 Å². The van der Waals surface area contributed by atoms with E-state index in [9.17, 15) is 10.5 Å². The van der Waals surface area contributed by atoms with E-state index in [4.69, 9.17) is 9.97 Å². The number of nitriles is 2. The van der Waals surface area contributed by atoms with Crippen molar-refractivity contribution in [3.8, 4) is 55.8 Å². The van der Waals surface area contributed by atoms with E-state index < -0.39 is 0 Å². The highest BCUT2D eigenvalue weighted by molar-refractivity contribution is 8.06. The summed E-state index contributed by atoms with van der Waals surface area (Å²) in [5.41, 5.74) is 12.4. The molecule has 0 saturated carbocycles. The van der Waals surface area contributed by atoms with Crippen LogP contribution in [0, 0.1) is 21.3 Å². The Bertz CT molecular complexity index is 3130. The lowest BCUT2D eigenvalue weighted by molar-refractivity contribution is 0.943. The van der Waals surface area contributed by atoms with Crippen molar-refractivity contribution in [2.45, 2.75) is 10.1 Å². The molecule has 10 rings (SSSR count). The zero-order chi connectivity index (χ0) is 37.2. The van der Waals surface area contributed by atoms with Gasteiger partial charge in [0, 0.05) is 92.6 Å². The van der Waals surface area contributed by atoms with Crippen molar-refractivity contribution < 1.29 is 0 Å². The van der Waals surface area contributed by atoms with E-state index in [2.05, 4.69) is 134 Å². The lowest BCUT2D eigenvalue weighted by Crippen LogP contribution is -2.04. The minimum Gasteiger partial charge on any atom is -0.308 e. The Hall–Kier alpha value is -6.98. The number of nitrogens with zero attached hydrogens (tertiary/aromatic N) is 8. The van der Waals surface area contributed by atoms with Crippen molar-refractivity contribution >= 4 is 79.3 Å². The summed E-state index contributed by atoms with van der Waals surface area (Å²) in [6, 6.07) is 36.2. The molecule has 0 aliphatic heterocycles. The van der Waals surface area contributed by atoms with Gasteiger partial charge in [0.05, 0.1) is 39.8 Å². The first-order valence-electron chi connectivity index (χ1n) is 17.4. The summed E-state index contributed by atoms with van der Waals surface area (Å²) in [6.07, 6.45) is 7.59. The molecule has 0 bridgehead atoms. The largest absolute Gasteiger partial charge is 0.308 e. The van der Waals surface area contributed by atoms with Gasteiger partial charge in [0.1, 0.15) is 20.9 Å². The van der Waals surface area contributed by atoms with Crippen LogP contribution in [-0.2, 0) is 0 Å². The van der Waals surface area contributed by atoms with Crippen LogP contribution < -0.4 is 0 Å². The van der Waals surface area contributed by atoms with Crippen molar-refractivity contribution in [1.29, 1.82) is 10.5 Å². The number of thioether (sulfide) groups is 2. The van der Waals surface area contributed by atoms with Crippen LogP contribution in [0.3, 0.4) is 0 Å². The van der Waals surface area contributed by atoms with Gasteiger partial charge in [-0.05, 0) is 52.9 Å². The normalized spacial score (nSPS) is 11.8. The zero-order valence-corrected chi connectivity index (χ0v) is 30.9. The molecule has 0 spiro atoms. The highest BCUT2D eigenvalue weighted by atomic mass is 32.2. The Balaban J connectivity index is 1.29. The first kappa shape index (κ1) is 32.7. The lowest BCUT2D eigenvalue weighted by atomic mass is 9.94. The van der Waals surface area contributed by atoms with Gasteiger partial charge in [-0.25, -0.2) is 9.97 Å². The predicted octanol–water partition coefficient (Wildman–Crippen LogP) is 11.2. The number of pyridine rings is 1. The minimum atomic E-state index is 0.431. The van der Waals surface area contributed by atoms with Crippen molar-refractivity contribution in [1.82, 2.24) is 24.1 Å². The molecular weight excluding hydrogens is 717 g/mol. The average Bonchev–Trinajstić information content (AvgIpc) is 3.84. The topological polar surface area (TPSA) is 108 Å². The molecule has 4 aromatic heterocycles. The second kappa shape index (κ2) is 12.9. The third-order valence-electron chi connectivity index (χ3n) is 10.3. The van der Waals surface area contributed by atoms with Crippen LogP contribution in [0.2, 0.25) is 0 Å². The fourth-order valence-corrected chi connectivity index (χ4v) is 9.15. The molecule has 4 heterocycles. The van der Waals surface area contributed by atoms with Gasteiger partial charge in [-0.3, -0.25) is 9.98 Å². The molecule has 0 radical (unpaired) electrons. The number of fused-ring (bicyclic) bond motifs is 7. The maximum atomic E-state index is 9.52. The molecule has 8 nitrogen and oxygen atoms in total. The Morgan fingerprint density at radius 2 is 1.29 bits per heavy atom. The maximum absolute atomic E-state index is 9.52. The number of hydrogen-bond donors (Lipinski definition) is 0. The van der Waals surface area contributed by atoms with Crippen LogP contribution >= 0.6 is 23.5 Å². The van der Waals surface area contributed by atoms with Crippen LogP contribution in [0.15, 0.2) is 137 Å². The summed E-state index contributed by atoms with van der Waals surface area (Å²) in [5.74, 6) is 0. The predicted molar refractivity (Wildman–Crippen MR) is 225 cm³/mol. The van der Waals surface area contributed by atoms with Gasteiger partial charge < -0.3 is 9.13 Å². The van der Waals surface area contributed by atoms with Gasteiger partial charge >= 0.3 is 0 Å². The highest BCUT2D eigenvalue weighted by Crippen LogP contribution is 2.50. The van der Waals surface area contributed by atoms with Gasteiger partial charge in [0.25, 0.3) is 0 Å². The number of aliphatic imine (C=N–C) groups is 1. The van der Waals surface area contributed by atoms with Crippen LogP contribution in [-0.4, -0.2) is 37.3 Å². The maximum Gasteiger partial charge on any atom is 0.145 e. The minimum absolute atomic E-state index is 0.431. The van der Waals surface area contributed by atoms with Crippen molar-refractivity contribution in [2.24, 2.45) is 4.99 Å². The molecule has 55 heavy (non-hydrogen) atoms. The van der Waals surface area contributed by atoms with Crippen molar-refractivity contribution in [2.75, 3.05) is 7.05 Å². The summed E-state index contributed by atoms with van der Waals surface area (Å²) in [7, 11) is 1.79. The smallest absolute Gasteiger partial charge is 0.145 e. The number of para-hydroxylation sites is 2. The number of hydrogen-bond acceptors (Lipinski definition) is 8. The second-order valence-electron chi connectivity index (χ2n) is 13.0. The first-order valence-corrected chi connectivity index (χ1v) is 19.0. The molecule has 1 aliphatic carbocycles. The summed E-state index contributed by atoms with van der Waals surface area (Å²) >= 11 is 1.84. The van der Waals surface area contributed by atoms with E-state index in [0.29, 0.717) is 21.4 Å². The monoisotopic (exact) mass is 742 g/mol. The molecule has 5 aromatic carbocycles. The second-order valence-corrected chi connectivity index (χ2v) is 14.6. The van der Waals surface area contributed by atoms with Crippen molar-refractivity contribution in [3.63, 3.8) is 0 Å². The molecule has 1 aliphatic rings. The van der Waals surface area contributed by atoms with Gasteiger partial charge in [0.2, 0.25) is 0 Å². The Kier molecular flexibility index (Phi) is 7.63. The molecule has 0 atom stereocenters. The Morgan fingerprint density at radius 3 is 2.00 bits per heavy atom. The first-order chi connectivity index (χ1) is 27.1. The van der Waals surface area contributed by atoms with E-state index in [1.54, 1.807) is 7.05 Å². The van der Waals surface area contributed by atoms with Crippen LogP contribution in [0.5, 0.6) is 0 Å². The number of benzene rings is 5. The van der Waals surface area contributed by atoms with Gasteiger partial charge in [-0.1, -0.05) is 79.4 Å². The molecule has 258 valence electrons. The lowest BCUT2D eigenvalue weighted by Gasteiger charge is -2.17. The summed E-state index contributed by atoms with van der Waals surface area (Å²) in [6.45, 7) is 4.20. The fraction of sp³-hybridized carbons (Fsp3) is 0.0222. The van der Waals surface area contributed by atoms with E-state index in [1.165, 1.54) is 0 Å². The molecule has 10 heteroatoms.